The molecule has 0 saturated carbocycles. The van der Waals surface area contributed by atoms with E-state index in [1.165, 1.54) is 41.7 Å². The molecule has 1 aromatic carbocycles. The van der Waals surface area contributed by atoms with Crippen molar-refractivity contribution in [3.8, 4) is 17.2 Å². The van der Waals surface area contributed by atoms with Crippen LogP contribution in [0.2, 0.25) is 0 Å². The van der Waals surface area contributed by atoms with Gasteiger partial charge in [0.1, 0.15) is 5.69 Å². The largest absolute Gasteiger partial charge is 0.416 e. The Kier molecular flexibility index (Phi) is 3.73. The van der Waals surface area contributed by atoms with Gasteiger partial charge in [-0.05, 0) is 12.1 Å². The van der Waals surface area contributed by atoms with Crippen LogP contribution in [-0.2, 0) is 20.3 Å². The van der Waals surface area contributed by atoms with E-state index in [9.17, 15) is 22.8 Å². The summed E-state index contributed by atoms with van der Waals surface area (Å²) in [5.74, 6) is 0.138. The van der Waals surface area contributed by atoms with E-state index in [0.29, 0.717) is 11.3 Å². The van der Waals surface area contributed by atoms with Crippen molar-refractivity contribution < 1.29 is 13.2 Å². The van der Waals surface area contributed by atoms with Crippen molar-refractivity contribution >= 4 is 11.2 Å². The second-order valence-corrected chi connectivity index (χ2v) is 6.09. The fourth-order valence-corrected chi connectivity index (χ4v) is 2.75. The second kappa shape index (κ2) is 5.90. The number of rotatable bonds is 2. The van der Waals surface area contributed by atoms with E-state index in [-0.39, 0.29) is 17.1 Å². The molecule has 0 aliphatic rings. The summed E-state index contributed by atoms with van der Waals surface area (Å²) in [4.78, 5) is 31.2. The van der Waals surface area contributed by atoms with Gasteiger partial charge in [-0.2, -0.15) is 22.8 Å². The summed E-state index contributed by atoms with van der Waals surface area (Å²) in [5.41, 5.74) is -0.826. The van der Waals surface area contributed by atoms with Crippen molar-refractivity contribution in [3.05, 3.63) is 56.9 Å². The van der Waals surface area contributed by atoms with Gasteiger partial charge in [-0.25, -0.2) is 4.79 Å². The first-order valence-electron chi connectivity index (χ1n) is 7.93. The van der Waals surface area contributed by atoms with Gasteiger partial charge in [-0.15, -0.1) is 5.10 Å². The number of imidazole rings is 1. The number of fused-ring (bicyclic) bond motifs is 1. The number of hydrogen-bond acceptors (Lipinski definition) is 5. The highest BCUT2D eigenvalue weighted by atomic mass is 19.4. The van der Waals surface area contributed by atoms with Crippen LogP contribution in [0.15, 0.2) is 40.1 Å². The van der Waals surface area contributed by atoms with Gasteiger partial charge >= 0.3 is 11.9 Å². The molecule has 4 rings (SSSR count). The fraction of sp³-hybridized carbons (Fsp3) is 0.188. The average molecular weight is 391 g/mol. The zero-order valence-electron chi connectivity index (χ0n) is 14.5. The summed E-state index contributed by atoms with van der Waals surface area (Å²) in [6.45, 7) is 0. The van der Waals surface area contributed by atoms with E-state index in [2.05, 4.69) is 20.3 Å². The molecule has 12 heteroatoms. The number of benzene rings is 1. The molecule has 0 atom stereocenters. The zero-order chi connectivity index (χ0) is 20.2. The average Bonchev–Trinajstić information content (AvgIpc) is 3.31. The number of nitrogens with zero attached hydrogens (tertiary/aromatic N) is 6. The molecule has 0 aliphatic heterocycles. The van der Waals surface area contributed by atoms with Crippen molar-refractivity contribution in [3.63, 3.8) is 0 Å². The van der Waals surface area contributed by atoms with Crippen LogP contribution in [0.5, 0.6) is 0 Å². The second-order valence-electron chi connectivity index (χ2n) is 6.09. The maximum Gasteiger partial charge on any atom is 0.416 e. The van der Waals surface area contributed by atoms with Gasteiger partial charge in [0.2, 0.25) is 5.95 Å². The lowest BCUT2D eigenvalue weighted by Crippen LogP contribution is -2.36. The summed E-state index contributed by atoms with van der Waals surface area (Å²) in [7, 11) is 2.83. The number of aryl methyl sites for hydroxylation is 1. The van der Waals surface area contributed by atoms with Gasteiger partial charge < -0.3 is 4.98 Å². The lowest BCUT2D eigenvalue weighted by molar-refractivity contribution is -0.137. The lowest BCUT2D eigenvalue weighted by atomic mass is 10.1. The minimum atomic E-state index is -4.42. The molecule has 9 nitrogen and oxygen atoms in total. The molecule has 28 heavy (non-hydrogen) atoms. The molecule has 0 amide bonds. The van der Waals surface area contributed by atoms with Gasteiger partial charge in [0.25, 0.3) is 5.56 Å². The van der Waals surface area contributed by atoms with Crippen LogP contribution in [0.3, 0.4) is 0 Å². The Balaban J connectivity index is 1.76. The molecule has 3 aromatic heterocycles. The number of H-pyrrole nitrogens is 1. The molecule has 1 N–H and O–H groups in total. The maximum atomic E-state index is 12.7. The normalized spacial score (nSPS) is 12.0. The Morgan fingerprint density at radius 3 is 2.36 bits per heavy atom. The molecule has 0 bridgehead atoms. The molecule has 0 unspecified atom stereocenters. The zero-order valence-corrected chi connectivity index (χ0v) is 14.5. The number of alkyl halides is 3. The molecule has 0 radical (unpaired) electrons. The first-order valence-corrected chi connectivity index (χ1v) is 7.93. The third-order valence-corrected chi connectivity index (χ3v) is 4.30. The van der Waals surface area contributed by atoms with Crippen LogP contribution >= 0.6 is 0 Å². The molecule has 0 aliphatic carbocycles. The van der Waals surface area contributed by atoms with E-state index in [4.69, 9.17) is 0 Å². The van der Waals surface area contributed by atoms with E-state index in [1.807, 2.05) is 0 Å². The Bertz CT molecular complexity index is 1310. The van der Waals surface area contributed by atoms with Crippen LogP contribution in [0.4, 0.5) is 13.2 Å². The van der Waals surface area contributed by atoms with Crippen LogP contribution in [0.25, 0.3) is 28.4 Å². The minimum Gasteiger partial charge on any atom is -0.316 e. The minimum absolute atomic E-state index is 0.117. The molecule has 4 aromatic rings. The van der Waals surface area contributed by atoms with Gasteiger partial charge in [0, 0.05) is 19.7 Å². The van der Waals surface area contributed by atoms with Crippen LogP contribution in [0.1, 0.15) is 5.56 Å². The maximum absolute atomic E-state index is 12.7. The van der Waals surface area contributed by atoms with Crippen molar-refractivity contribution in [1.29, 1.82) is 0 Å². The summed E-state index contributed by atoms with van der Waals surface area (Å²) in [6.07, 6.45) is -2.98. The molecule has 3 heterocycles. The van der Waals surface area contributed by atoms with Gasteiger partial charge in [0.15, 0.2) is 11.2 Å². The highest BCUT2D eigenvalue weighted by Crippen LogP contribution is 2.30. The fourth-order valence-electron chi connectivity index (χ4n) is 2.75. The number of halogens is 3. The van der Waals surface area contributed by atoms with Crippen molar-refractivity contribution in [2.24, 2.45) is 14.1 Å². The summed E-state index contributed by atoms with van der Waals surface area (Å²) >= 11 is 0. The predicted molar refractivity (Wildman–Crippen MR) is 91.9 cm³/mol. The van der Waals surface area contributed by atoms with Gasteiger partial charge in [-0.1, -0.05) is 17.3 Å². The number of aromatic nitrogens is 7. The van der Waals surface area contributed by atoms with Gasteiger partial charge in [-0.3, -0.25) is 13.9 Å². The monoisotopic (exact) mass is 391 g/mol. The summed E-state index contributed by atoms with van der Waals surface area (Å²) < 4.78 is 41.4. The number of nitrogens with one attached hydrogen (secondary N) is 1. The molecule has 0 spiro atoms. The predicted octanol–water partition coefficient (Wildman–Crippen LogP) is 1.23. The molecular weight excluding hydrogens is 379 g/mol. The van der Waals surface area contributed by atoms with Crippen LogP contribution < -0.4 is 11.2 Å². The Hall–Kier alpha value is -3.70. The number of aromatic amines is 1. The SMILES string of the molecule is Cn1c(=O)c2[nH]c(-n3cc(-c4ccc(C(F)(F)F)cc4)nn3)nc2n(C)c1=O. The van der Waals surface area contributed by atoms with E-state index < -0.39 is 23.0 Å². The van der Waals surface area contributed by atoms with Crippen LogP contribution in [-0.4, -0.2) is 34.1 Å². The highest BCUT2D eigenvalue weighted by molar-refractivity contribution is 5.71. The Labute approximate surface area is 153 Å². The molecular formula is C16H12F3N7O2. The Morgan fingerprint density at radius 1 is 1.04 bits per heavy atom. The van der Waals surface area contributed by atoms with Gasteiger partial charge in [0.05, 0.1) is 11.8 Å². The highest BCUT2D eigenvalue weighted by Gasteiger charge is 2.30. The van der Waals surface area contributed by atoms with Crippen molar-refractivity contribution in [1.82, 2.24) is 34.1 Å². The summed E-state index contributed by atoms with van der Waals surface area (Å²) in [6, 6.07) is 4.48. The molecule has 0 fully saturated rings. The van der Waals surface area contributed by atoms with E-state index in [0.717, 1.165) is 16.7 Å². The molecule has 144 valence electrons. The van der Waals surface area contributed by atoms with Crippen LogP contribution in [0, 0.1) is 0 Å². The standard InChI is InChI=1S/C16H12F3N7O2/c1-24-12-11(13(27)25(2)15(24)28)20-14(21-12)26-7-10(22-23-26)8-3-5-9(6-4-8)16(17,18)19/h3-7H,1-2H3,(H,20,21). The first-order chi connectivity index (χ1) is 13.2. The van der Waals surface area contributed by atoms with Crippen molar-refractivity contribution in [2.75, 3.05) is 0 Å². The van der Waals surface area contributed by atoms with Crippen molar-refractivity contribution in [2.45, 2.75) is 6.18 Å². The lowest BCUT2D eigenvalue weighted by Gasteiger charge is -2.06. The topological polar surface area (TPSA) is 103 Å². The Morgan fingerprint density at radius 2 is 1.71 bits per heavy atom. The molecule has 0 saturated heterocycles. The summed E-state index contributed by atoms with van der Waals surface area (Å²) in [5, 5.41) is 7.81. The number of hydrogen-bond donors (Lipinski definition) is 1. The van der Waals surface area contributed by atoms with E-state index >= 15 is 0 Å². The quantitative estimate of drug-likeness (QED) is 0.554. The third kappa shape index (κ3) is 2.69. The third-order valence-electron chi connectivity index (χ3n) is 4.30. The van der Waals surface area contributed by atoms with E-state index in [1.54, 1.807) is 0 Å². The smallest absolute Gasteiger partial charge is 0.316 e. The first kappa shape index (κ1) is 17.7.